The summed E-state index contributed by atoms with van der Waals surface area (Å²) in [5, 5.41) is 0. The van der Waals surface area contributed by atoms with Crippen molar-refractivity contribution in [1.29, 1.82) is 0 Å². The lowest BCUT2D eigenvalue weighted by Crippen LogP contribution is -2.39. The van der Waals surface area contributed by atoms with E-state index in [0.717, 1.165) is 0 Å². The quantitative estimate of drug-likeness (QED) is 0.622. The maximum atomic E-state index is 13.2. The Bertz CT molecular complexity index is 402. The first-order valence-corrected chi connectivity index (χ1v) is 5.74. The van der Waals surface area contributed by atoms with Crippen molar-refractivity contribution in [2.75, 3.05) is 23.7 Å². The Morgan fingerprint density at radius 3 is 2.22 bits per heavy atom. The Kier molecular flexibility index (Phi) is 3.36. The number of alkyl halides is 3. The van der Waals surface area contributed by atoms with Crippen LogP contribution >= 0.6 is 0 Å². The molecule has 1 saturated heterocycles. The SMILES string of the molecule is Nc1cc(F)cc(N2CCC(C(F)(F)F)CC2)c1. The lowest BCUT2D eigenvalue weighted by Gasteiger charge is -2.34. The van der Waals surface area contributed by atoms with Gasteiger partial charge >= 0.3 is 6.18 Å². The highest BCUT2D eigenvalue weighted by Gasteiger charge is 2.41. The van der Waals surface area contributed by atoms with Gasteiger partial charge in [0.05, 0.1) is 5.92 Å². The number of halogens is 4. The molecule has 1 aliphatic rings. The molecule has 0 saturated carbocycles. The molecule has 1 fully saturated rings. The zero-order valence-corrected chi connectivity index (χ0v) is 9.67. The molecule has 0 spiro atoms. The number of hydrogen-bond donors (Lipinski definition) is 1. The highest BCUT2D eigenvalue weighted by Crippen LogP contribution is 2.35. The van der Waals surface area contributed by atoms with Crippen molar-refractivity contribution >= 4 is 11.4 Å². The van der Waals surface area contributed by atoms with E-state index in [1.54, 1.807) is 11.0 Å². The normalized spacial score (nSPS) is 18.1. The maximum Gasteiger partial charge on any atom is 0.391 e. The van der Waals surface area contributed by atoms with Crippen LogP contribution in [0.1, 0.15) is 12.8 Å². The van der Waals surface area contributed by atoms with Gasteiger partial charge in [-0.05, 0) is 31.0 Å². The summed E-state index contributed by atoms with van der Waals surface area (Å²) < 4.78 is 50.7. The second-order valence-electron chi connectivity index (χ2n) is 4.55. The van der Waals surface area contributed by atoms with Gasteiger partial charge in [0.1, 0.15) is 5.82 Å². The van der Waals surface area contributed by atoms with E-state index in [-0.39, 0.29) is 31.6 Å². The molecule has 1 aromatic carbocycles. The first kappa shape index (κ1) is 13.0. The lowest BCUT2D eigenvalue weighted by atomic mass is 9.96. The third-order valence-electron chi connectivity index (χ3n) is 3.23. The van der Waals surface area contributed by atoms with Crippen LogP contribution < -0.4 is 10.6 Å². The molecule has 6 heteroatoms. The van der Waals surface area contributed by atoms with Crippen molar-refractivity contribution in [3.8, 4) is 0 Å². The minimum Gasteiger partial charge on any atom is -0.399 e. The number of benzene rings is 1. The molecule has 0 atom stereocenters. The van der Waals surface area contributed by atoms with Crippen molar-refractivity contribution < 1.29 is 17.6 Å². The first-order chi connectivity index (χ1) is 8.36. The second kappa shape index (κ2) is 4.66. The Morgan fingerprint density at radius 2 is 1.72 bits per heavy atom. The van der Waals surface area contributed by atoms with E-state index < -0.39 is 17.9 Å². The largest absolute Gasteiger partial charge is 0.399 e. The predicted octanol–water partition coefficient (Wildman–Crippen LogP) is 3.19. The van der Waals surface area contributed by atoms with E-state index in [1.807, 2.05) is 0 Å². The molecule has 2 N–H and O–H groups in total. The molecule has 1 aliphatic heterocycles. The minimum absolute atomic E-state index is 0.0416. The van der Waals surface area contributed by atoms with Gasteiger partial charge in [-0.25, -0.2) is 4.39 Å². The number of rotatable bonds is 1. The van der Waals surface area contributed by atoms with Crippen molar-refractivity contribution in [3.63, 3.8) is 0 Å². The Hall–Kier alpha value is -1.46. The van der Waals surface area contributed by atoms with Crippen molar-refractivity contribution in [2.24, 2.45) is 5.92 Å². The number of piperidine rings is 1. The summed E-state index contributed by atoms with van der Waals surface area (Å²) in [6.07, 6.45) is -4.05. The zero-order valence-electron chi connectivity index (χ0n) is 9.67. The molecule has 2 nitrogen and oxygen atoms in total. The smallest absolute Gasteiger partial charge is 0.391 e. The van der Waals surface area contributed by atoms with Crippen LogP contribution in [0.15, 0.2) is 18.2 Å². The fraction of sp³-hybridized carbons (Fsp3) is 0.500. The van der Waals surface area contributed by atoms with Gasteiger partial charge in [-0.1, -0.05) is 0 Å². The summed E-state index contributed by atoms with van der Waals surface area (Å²) in [6.45, 7) is 0.542. The highest BCUT2D eigenvalue weighted by atomic mass is 19.4. The summed E-state index contributed by atoms with van der Waals surface area (Å²) in [5.74, 6) is -1.72. The monoisotopic (exact) mass is 262 g/mol. The van der Waals surface area contributed by atoms with E-state index in [2.05, 4.69) is 0 Å². The summed E-state index contributed by atoms with van der Waals surface area (Å²) in [5.41, 5.74) is 6.35. The Morgan fingerprint density at radius 1 is 1.11 bits per heavy atom. The molecular formula is C12H14F4N2. The van der Waals surface area contributed by atoms with Gasteiger partial charge in [-0.3, -0.25) is 0 Å². The summed E-state index contributed by atoms with van der Waals surface area (Å²) in [6, 6.07) is 4.06. The molecule has 0 radical (unpaired) electrons. The molecule has 18 heavy (non-hydrogen) atoms. The molecule has 0 amide bonds. The van der Waals surface area contributed by atoms with Crippen LogP contribution in [0.3, 0.4) is 0 Å². The molecular weight excluding hydrogens is 248 g/mol. The summed E-state index contributed by atoms with van der Waals surface area (Å²) in [7, 11) is 0. The Labute approximate surface area is 102 Å². The number of nitrogen functional groups attached to an aromatic ring is 1. The molecule has 2 rings (SSSR count). The van der Waals surface area contributed by atoms with Crippen LogP contribution in [0.4, 0.5) is 28.9 Å². The highest BCUT2D eigenvalue weighted by molar-refractivity contribution is 5.56. The van der Waals surface area contributed by atoms with Crippen molar-refractivity contribution in [1.82, 2.24) is 0 Å². The van der Waals surface area contributed by atoms with E-state index in [1.165, 1.54) is 12.1 Å². The van der Waals surface area contributed by atoms with E-state index in [0.29, 0.717) is 5.69 Å². The van der Waals surface area contributed by atoms with E-state index in [9.17, 15) is 17.6 Å². The van der Waals surface area contributed by atoms with Gasteiger partial charge < -0.3 is 10.6 Å². The van der Waals surface area contributed by atoms with Crippen LogP contribution in [-0.4, -0.2) is 19.3 Å². The third-order valence-corrected chi connectivity index (χ3v) is 3.23. The number of nitrogens with zero attached hydrogens (tertiary/aromatic N) is 1. The standard InChI is InChI=1S/C12H14F4N2/c13-9-5-10(17)7-11(6-9)18-3-1-8(2-4-18)12(14,15)16/h5-8H,1-4,17H2. The average molecular weight is 262 g/mol. The van der Waals surface area contributed by atoms with Gasteiger partial charge in [-0.15, -0.1) is 0 Å². The third kappa shape index (κ3) is 2.86. The number of nitrogens with two attached hydrogens (primary N) is 1. The average Bonchev–Trinajstić information content (AvgIpc) is 2.27. The predicted molar refractivity (Wildman–Crippen MR) is 61.8 cm³/mol. The van der Waals surface area contributed by atoms with Gasteiger partial charge in [0.25, 0.3) is 0 Å². The van der Waals surface area contributed by atoms with Crippen molar-refractivity contribution in [2.45, 2.75) is 19.0 Å². The van der Waals surface area contributed by atoms with Crippen LogP contribution in [-0.2, 0) is 0 Å². The summed E-state index contributed by atoms with van der Waals surface area (Å²) in [4.78, 5) is 1.74. The topological polar surface area (TPSA) is 29.3 Å². The molecule has 100 valence electrons. The van der Waals surface area contributed by atoms with Gasteiger partial charge in [0, 0.05) is 24.5 Å². The Balaban J connectivity index is 2.05. The fourth-order valence-corrected chi connectivity index (χ4v) is 2.24. The lowest BCUT2D eigenvalue weighted by molar-refractivity contribution is -0.179. The molecule has 1 heterocycles. The molecule has 1 aromatic rings. The first-order valence-electron chi connectivity index (χ1n) is 5.74. The van der Waals surface area contributed by atoms with Crippen LogP contribution in [0, 0.1) is 11.7 Å². The molecule has 0 bridgehead atoms. The van der Waals surface area contributed by atoms with Gasteiger partial charge in [0.2, 0.25) is 0 Å². The molecule has 0 unspecified atom stereocenters. The fourth-order valence-electron chi connectivity index (χ4n) is 2.24. The zero-order chi connectivity index (χ0) is 13.3. The maximum absolute atomic E-state index is 13.2. The van der Waals surface area contributed by atoms with Crippen LogP contribution in [0.25, 0.3) is 0 Å². The van der Waals surface area contributed by atoms with Gasteiger partial charge in [-0.2, -0.15) is 13.2 Å². The van der Waals surface area contributed by atoms with Crippen molar-refractivity contribution in [3.05, 3.63) is 24.0 Å². The number of hydrogen-bond acceptors (Lipinski definition) is 2. The number of anilines is 2. The summed E-state index contributed by atoms with van der Waals surface area (Å²) >= 11 is 0. The molecule has 0 aliphatic carbocycles. The van der Waals surface area contributed by atoms with Gasteiger partial charge in [0.15, 0.2) is 0 Å². The van der Waals surface area contributed by atoms with Crippen LogP contribution in [0.5, 0.6) is 0 Å². The molecule has 0 aromatic heterocycles. The van der Waals surface area contributed by atoms with Crippen LogP contribution in [0.2, 0.25) is 0 Å². The second-order valence-corrected chi connectivity index (χ2v) is 4.55. The van der Waals surface area contributed by atoms with E-state index in [4.69, 9.17) is 5.73 Å². The minimum atomic E-state index is -4.13. The van der Waals surface area contributed by atoms with E-state index >= 15 is 0 Å².